The van der Waals surface area contributed by atoms with Crippen molar-refractivity contribution in [2.75, 3.05) is 5.32 Å². The number of halogens is 3. The molecule has 16 heavy (non-hydrogen) atoms. The van der Waals surface area contributed by atoms with E-state index in [1.165, 1.54) is 0 Å². The lowest BCUT2D eigenvalue weighted by Crippen LogP contribution is -1.98. The number of aromatic nitrogens is 1. The Balaban J connectivity index is 2.15. The van der Waals surface area contributed by atoms with E-state index in [0.717, 1.165) is 4.88 Å². The lowest BCUT2D eigenvalue weighted by atomic mass is 10.3. The molecule has 0 unspecified atom stereocenters. The quantitative estimate of drug-likeness (QED) is 0.886. The average Bonchev–Trinajstić information content (AvgIpc) is 2.68. The molecule has 1 heterocycles. The maximum absolute atomic E-state index is 6.03. The van der Waals surface area contributed by atoms with Crippen molar-refractivity contribution in [1.82, 2.24) is 4.98 Å². The zero-order valence-corrected chi connectivity index (χ0v) is 11.1. The van der Waals surface area contributed by atoms with Gasteiger partial charge in [-0.25, -0.2) is 0 Å². The van der Waals surface area contributed by atoms with Crippen LogP contribution >= 0.6 is 46.1 Å². The van der Waals surface area contributed by atoms with Gasteiger partial charge in [-0.15, -0.1) is 11.3 Å². The monoisotopic (exact) mass is 292 g/mol. The SMILES string of the molecule is Clc1cc(Cl)c(NCc2cncs2)c(Cl)c1. The van der Waals surface area contributed by atoms with Crippen LogP contribution in [0, 0.1) is 0 Å². The van der Waals surface area contributed by atoms with E-state index < -0.39 is 0 Å². The van der Waals surface area contributed by atoms with Crippen molar-refractivity contribution in [3.05, 3.63) is 43.8 Å². The van der Waals surface area contributed by atoms with E-state index in [1.807, 2.05) is 0 Å². The topological polar surface area (TPSA) is 24.9 Å². The van der Waals surface area contributed by atoms with E-state index in [0.29, 0.717) is 27.3 Å². The van der Waals surface area contributed by atoms with E-state index in [9.17, 15) is 0 Å². The summed E-state index contributed by atoms with van der Waals surface area (Å²) in [6.45, 7) is 0.645. The Kier molecular flexibility index (Phi) is 3.92. The Bertz CT molecular complexity index is 462. The van der Waals surface area contributed by atoms with Gasteiger partial charge in [0.2, 0.25) is 0 Å². The second-order valence-corrected chi connectivity index (χ2v) is 5.29. The lowest BCUT2D eigenvalue weighted by molar-refractivity contribution is 1.17. The fourth-order valence-corrected chi connectivity index (χ4v) is 2.70. The van der Waals surface area contributed by atoms with Crippen LogP contribution in [-0.4, -0.2) is 4.98 Å². The molecule has 0 aliphatic heterocycles. The summed E-state index contributed by atoms with van der Waals surface area (Å²) in [6, 6.07) is 3.31. The van der Waals surface area contributed by atoms with Crippen molar-refractivity contribution < 1.29 is 0 Å². The molecule has 0 fully saturated rings. The largest absolute Gasteiger partial charge is 0.378 e. The second kappa shape index (κ2) is 5.23. The van der Waals surface area contributed by atoms with Gasteiger partial charge in [0.05, 0.1) is 27.8 Å². The van der Waals surface area contributed by atoms with Gasteiger partial charge in [-0.2, -0.15) is 0 Å². The maximum atomic E-state index is 6.03. The first-order valence-corrected chi connectivity index (χ1v) is 6.44. The first-order chi connectivity index (χ1) is 7.66. The molecule has 0 atom stereocenters. The fourth-order valence-electron chi connectivity index (χ4n) is 1.22. The fraction of sp³-hybridized carbons (Fsp3) is 0.100. The van der Waals surface area contributed by atoms with Crippen molar-refractivity contribution in [3.8, 4) is 0 Å². The van der Waals surface area contributed by atoms with Gasteiger partial charge in [0.25, 0.3) is 0 Å². The zero-order valence-electron chi connectivity index (χ0n) is 8.01. The molecule has 0 aliphatic carbocycles. The van der Waals surface area contributed by atoms with Gasteiger partial charge in [0.15, 0.2) is 0 Å². The molecule has 0 bridgehead atoms. The van der Waals surface area contributed by atoms with Gasteiger partial charge < -0.3 is 5.32 Å². The summed E-state index contributed by atoms with van der Waals surface area (Å²) in [4.78, 5) is 5.10. The third-order valence-electron chi connectivity index (χ3n) is 1.93. The number of hydrogen-bond acceptors (Lipinski definition) is 3. The Labute approximate surface area is 112 Å². The summed E-state index contributed by atoms with van der Waals surface area (Å²) in [5, 5.41) is 4.72. The summed E-state index contributed by atoms with van der Waals surface area (Å²) in [6.07, 6.45) is 1.80. The molecule has 0 aliphatic rings. The molecule has 1 N–H and O–H groups in total. The standard InChI is InChI=1S/C10H7Cl3N2S/c11-6-1-8(12)10(9(13)2-6)15-4-7-3-14-5-16-7/h1-3,5,15H,4H2. The Hall–Kier alpha value is -0.480. The smallest absolute Gasteiger partial charge is 0.0794 e. The van der Waals surface area contributed by atoms with Gasteiger partial charge in [-0.1, -0.05) is 34.8 Å². The van der Waals surface area contributed by atoms with Crippen LogP contribution in [0.2, 0.25) is 15.1 Å². The van der Waals surface area contributed by atoms with Gasteiger partial charge >= 0.3 is 0 Å². The summed E-state index contributed by atoms with van der Waals surface area (Å²) in [7, 11) is 0. The van der Waals surface area contributed by atoms with Gasteiger partial charge in [0, 0.05) is 16.1 Å². The maximum Gasteiger partial charge on any atom is 0.0794 e. The molecule has 0 spiro atoms. The molecule has 2 rings (SSSR count). The molecule has 0 saturated heterocycles. The minimum absolute atomic E-state index is 0.516. The number of nitrogens with zero attached hydrogens (tertiary/aromatic N) is 1. The molecule has 0 radical (unpaired) electrons. The minimum atomic E-state index is 0.516. The van der Waals surface area contributed by atoms with Crippen molar-refractivity contribution in [2.45, 2.75) is 6.54 Å². The summed E-state index contributed by atoms with van der Waals surface area (Å²) < 4.78 is 0. The van der Waals surface area contributed by atoms with Crippen LogP contribution in [0.25, 0.3) is 0 Å². The van der Waals surface area contributed by atoms with Crippen LogP contribution in [0.4, 0.5) is 5.69 Å². The van der Waals surface area contributed by atoms with Crippen molar-refractivity contribution in [3.63, 3.8) is 0 Å². The predicted octanol–water partition coefficient (Wildman–Crippen LogP) is 4.72. The molecule has 2 nitrogen and oxygen atoms in total. The number of benzene rings is 1. The second-order valence-electron chi connectivity index (χ2n) is 3.07. The van der Waals surface area contributed by atoms with Crippen molar-refractivity contribution in [1.29, 1.82) is 0 Å². The third kappa shape index (κ3) is 2.80. The van der Waals surface area contributed by atoms with E-state index in [4.69, 9.17) is 34.8 Å². The summed E-state index contributed by atoms with van der Waals surface area (Å²) in [5.41, 5.74) is 2.48. The molecule has 0 saturated carbocycles. The van der Waals surface area contributed by atoms with Gasteiger partial charge in [0.1, 0.15) is 0 Å². The van der Waals surface area contributed by atoms with Gasteiger partial charge in [-0.05, 0) is 12.1 Å². The highest BCUT2D eigenvalue weighted by Gasteiger charge is 2.07. The first kappa shape index (κ1) is 12.0. The van der Waals surface area contributed by atoms with Crippen LogP contribution in [0.5, 0.6) is 0 Å². The number of hydrogen-bond donors (Lipinski definition) is 1. The van der Waals surface area contributed by atoms with E-state index >= 15 is 0 Å². The number of thiazole rings is 1. The van der Waals surface area contributed by atoms with Gasteiger partial charge in [-0.3, -0.25) is 4.98 Å². The number of rotatable bonds is 3. The van der Waals surface area contributed by atoms with Crippen LogP contribution in [-0.2, 0) is 6.54 Å². The molecular formula is C10H7Cl3N2S. The lowest BCUT2D eigenvalue weighted by Gasteiger charge is -2.09. The normalized spacial score (nSPS) is 10.4. The average molecular weight is 294 g/mol. The third-order valence-corrected chi connectivity index (χ3v) is 3.52. The molecule has 1 aromatic heterocycles. The summed E-state index contributed by atoms with van der Waals surface area (Å²) >= 11 is 19.5. The molecule has 2 aromatic rings. The highest BCUT2D eigenvalue weighted by atomic mass is 35.5. The van der Waals surface area contributed by atoms with Crippen LogP contribution in [0.3, 0.4) is 0 Å². The van der Waals surface area contributed by atoms with Crippen LogP contribution in [0.15, 0.2) is 23.8 Å². The molecule has 84 valence electrons. The molecule has 6 heteroatoms. The first-order valence-electron chi connectivity index (χ1n) is 4.42. The van der Waals surface area contributed by atoms with E-state index in [-0.39, 0.29) is 0 Å². The Morgan fingerprint density at radius 3 is 2.44 bits per heavy atom. The Morgan fingerprint density at radius 2 is 1.88 bits per heavy atom. The summed E-state index contributed by atoms with van der Waals surface area (Å²) in [5.74, 6) is 0. The minimum Gasteiger partial charge on any atom is -0.378 e. The van der Waals surface area contributed by atoms with Crippen molar-refractivity contribution in [2.24, 2.45) is 0 Å². The molecule has 1 aromatic carbocycles. The Morgan fingerprint density at radius 1 is 1.19 bits per heavy atom. The highest BCUT2D eigenvalue weighted by Crippen LogP contribution is 2.33. The van der Waals surface area contributed by atoms with Crippen LogP contribution < -0.4 is 5.32 Å². The van der Waals surface area contributed by atoms with E-state index in [1.54, 1.807) is 35.2 Å². The number of anilines is 1. The van der Waals surface area contributed by atoms with E-state index in [2.05, 4.69) is 10.3 Å². The molecular weight excluding hydrogens is 287 g/mol. The predicted molar refractivity (Wildman–Crippen MR) is 70.9 cm³/mol. The number of nitrogens with one attached hydrogen (secondary N) is 1. The molecule has 0 amide bonds. The zero-order chi connectivity index (χ0) is 11.5. The van der Waals surface area contributed by atoms with Crippen molar-refractivity contribution >= 4 is 51.8 Å². The van der Waals surface area contributed by atoms with Crippen LogP contribution in [0.1, 0.15) is 4.88 Å². The highest BCUT2D eigenvalue weighted by molar-refractivity contribution is 7.09.